The first-order valence-electron chi connectivity index (χ1n) is 6.18. The Hall–Kier alpha value is -2.07. The number of amides is 1. The van der Waals surface area contributed by atoms with E-state index >= 15 is 0 Å². The number of halogens is 1. The predicted octanol–water partition coefficient (Wildman–Crippen LogP) is 2.26. The normalized spacial score (nSPS) is 13.5. The number of benzene rings is 1. The molecule has 4 nitrogen and oxygen atoms in total. The molecule has 1 atom stereocenters. The van der Waals surface area contributed by atoms with E-state index in [0.717, 1.165) is 5.56 Å². The van der Waals surface area contributed by atoms with Gasteiger partial charge in [0, 0.05) is 11.9 Å². The number of H-pyrrole nitrogens is 1. The molecule has 0 bridgehead atoms. The first kappa shape index (κ1) is 14.3. The van der Waals surface area contributed by atoms with Gasteiger partial charge < -0.3 is 10.3 Å². The zero-order chi connectivity index (χ0) is 14.6. The number of rotatable bonds is 4. The minimum atomic E-state index is -0.702. The van der Waals surface area contributed by atoms with Gasteiger partial charge in [-0.1, -0.05) is 36.4 Å². The molecule has 1 unspecified atom stereocenters. The minimum absolute atomic E-state index is 0.213. The van der Waals surface area contributed by atoms with Crippen LogP contribution in [0, 0.1) is 0 Å². The molecule has 1 aromatic carbocycles. The maximum atomic E-state index is 12.2. The fourth-order valence-electron chi connectivity index (χ4n) is 1.89. The second-order valence-corrected chi connectivity index (χ2v) is 4.98. The van der Waals surface area contributed by atoms with Gasteiger partial charge in [0.15, 0.2) is 0 Å². The van der Waals surface area contributed by atoms with E-state index < -0.39 is 5.54 Å². The Bertz CT molecular complexity index is 654. The zero-order valence-electron chi connectivity index (χ0n) is 11.0. The van der Waals surface area contributed by atoms with Crippen LogP contribution in [0.3, 0.4) is 0 Å². The lowest BCUT2D eigenvalue weighted by molar-refractivity contribution is 0.0908. The average molecular weight is 291 g/mol. The number of aromatic nitrogens is 1. The molecule has 1 heterocycles. The van der Waals surface area contributed by atoms with Crippen molar-refractivity contribution in [2.45, 2.75) is 12.5 Å². The van der Waals surface area contributed by atoms with Crippen molar-refractivity contribution >= 4 is 17.5 Å². The van der Waals surface area contributed by atoms with Crippen LogP contribution in [-0.2, 0) is 5.54 Å². The molecule has 1 aromatic heterocycles. The molecular weight excluding hydrogens is 276 g/mol. The van der Waals surface area contributed by atoms with Crippen molar-refractivity contribution in [2.24, 2.45) is 0 Å². The lowest BCUT2D eigenvalue weighted by atomic mass is 9.94. The molecule has 2 rings (SSSR count). The second kappa shape index (κ2) is 5.92. The number of aromatic amines is 1. The number of hydrogen-bond acceptors (Lipinski definition) is 2. The molecule has 2 aromatic rings. The van der Waals surface area contributed by atoms with Crippen LogP contribution in [-0.4, -0.2) is 16.8 Å². The second-order valence-electron chi connectivity index (χ2n) is 4.71. The Labute approximate surface area is 121 Å². The number of pyridine rings is 1. The van der Waals surface area contributed by atoms with Crippen LogP contribution in [0.2, 0.25) is 0 Å². The molecule has 0 fully saturated rings. The third-order valence-electron chi connectivity index (χ3n) is 3.08. The summed E-state index contributed by atoms with van der Waals surface area (Å²) in [4.78, 5) is 25.9. The summed E-state index contributed by atoms with van der Waals surface area (Å²) < 4.78 is 0. The van der Waals surface area contributed by atoms with Gasteiger partial charge in [0.2, 0.25) is 5.56 Å². The molecule has 0 aliphatic carbocycles. The van der Waals surface area contributed by atoms with Gasteiger partial charge in [-0.25, -0.2) is 0 Å². The summed E-state index contributed by atoms with van der Waals surface area (Å²) in [5.74, 6) is -0.144. The Morgan fingerprint density at radius 2 is 1.90 bits per heavy atom. The third-order valence-corrected chi connectivity index (χ3v) is 3.62. The SMILES string of the molecule is CC(CCl)(NC(=O)c1cccc(=O)[nH]1)c1ccccc1. The molecular formula is C15H15ClN2O2. The van der Waals surface area contributed by atoms with Crippen molar-refractivity contribution in [3.8, 4) is 0 Å². The maximum absolute atomic E-state index is 12.2. The van der Waals surface area contributed by atoms with Crippen molar-refractivity contribution in [1.29, 1.82) is 0 Å². The molecule has 0 aliphatic rings. The largest absolute Gasteiger partial charge is 0.340 e. The van der Waals surface area contributed by atoms with Crippen LogP contribution < -0.4 is 10.9 Å². The number of alkyl halides is 1. The molecule has 104 valence electrons. The van der Waals surface area contributed by atoms with E-state index in [1.807, 2.05) is 37.3 Å². The molecule has 0 saturated heterocycles. The lowest BCUT2D eigenvalue weighted by Gasteiger charge is -2.29. The summed E-state index contributed by atoms with van der Waals surface area (Å²) in [5, 5.41) is 2.86. The fraction of sp³-hybridized carbons (Fsp3) is 0.200. The van der Waals surface area contributed by atoms with Gasteiger partial charge in [0.05, 0.1) is 5.54 Å². The summed E-state index contributed by atoms with van der Waals surface area (Å²) in [6.07, 6.45) is 0. The van der Waals surface area contributed by atoms with Crippen molar-refractivity contribution in [1.82, 2.24) is 10.3 Å². The van der Waals surface area contributed by atoms with Crippen molar-refractivity contribution in [3.63, 3.8) is 0 Å². The molecule has 0 aliphatic heterocycles. The summed E-state index contributed by atoms with van der Waals surface area (Å²) in [6.45, 7) is 1.84. The molecule has 0 spiro atoms. The quantitative estimate of drug-likeness (QED) is 0.849. The van der Waals surface area contributed by atoms with Gasteiger partial charge in [0.1, 0.15) is 5.69 Å². The van der Waals surface area contributed by atoms with E-state index in [4.69, 9.17) is 11.6 Å². The molecule has 1 amide bonds. The zero-order valence-corrected chi connectivity index (χ0v) is 11.8. The summed E-state index contributed by atoms with van der Waals surface area (Å²) >= 11 is 6.02. The summed E-state index contributed by atoms with van der Waals surface area (Å²) in [6, 6.07) is 13.9. The van der Waals surface area contributed by atoms with E-state index in [1.165, 1.54) is 12.1 Å². The first-order valence-corrected chi connectivity index (χ1v) is 6.72. The highest BCUT2D eigenvalue weighted by molar-refractivity contribution is 6.18. The Kier molecular flexibility index (Phi) is 4.25. The Morgan fingerprint density at radius 1 is 1.20 bits per heavy atom. The van der Waals surface area contributed by atoms with Gasteiger partial charge in [-0.2, -0.15) is 0 Å². The maximum Gasteiger partial charge on any atom is 0.268 e. The lowest BCUT2D eigenvalue weighted by Crippen LogP contribution is -2.45. The van der Waals surface area contributed by atoms with E-state index in [2.05, 4.69) is 10.3 Å². The van der Waals surface area contributed by atoms with E-state index in [1.54, 1.807) is 6.07 Å². The van der Waals surface area contributed by atoms with Crippen LogP contribution in [0.4, 0.5) is 0 Å². The van der Waals surface area contributed by atoms with Crippen LogP contribution in [0.15, 0.2) is 53.3 Å². The van der Waals surface area contributed by atoms with Crippen LogP contribution >= 0.6 is 11.6 Å². The first-order chi connectivity index (χ1) is 9.55. The summed E-state index contributed by atoms with van der Waals surface area (Å²) in [7, 11) is 0. The van der Waals surface area contributed by atoms with Gasteiger partial charge in [-0.3, -0.25) is 9.59 Å². The molecule has 20 heavy (non-hydrogen) atoms. The summed E-state index contributed by atoms with van der Waals surface area (Å²) in [5.41, 5.74) is 0.100. The van der Waals surface area contributed by atoms with E-state index in [0.29, 0.717) is 0 Å². The monoisotopic (exact) mass is 290 g/mol. The topological polar surface area (TPSA) is 62.0 Å². The van der Waals surface area contributed by atoms with Crippen LogP contribution in [0.5, 0.6) is 0 Å². The third kappa shape index (κ3) is 3.08. The number of carbonyl (C=O) groups is 1. The van der Waals surface area contributed by atoms with Gasteiger partial charge >= 0.3 is 0 Å². The van der Waals surface area contributed by atoms with Gasteiger partial charge in [-0.15, -0.1) is 11.6 Å². The van der Waals surface area contributed by atoms with Crippen LogP contribution in [0.1, 0.15) is 23.0 Å². The van der Waals surface area contributed by atoms with E-state index in [-0.39, 0.29) is 23.0 Å². The number of carbonyl (C=O) groups excluding carboxylic acids is 1. The molecule has 0 radical (unpaired) electrons. The van der Waals surface area contributed by atoms with E-state index in [9.17, 15) is 9.59 Å². The smallest absolute Gasteiger partial charge is 0.268 e. The standard InChI is InChI=1S/C15H15ClN2O2/c1-15(10-16,11-6-3-2-4-7-11)18-14(20)12-8-5-9-13(19)17-12/h2-9H,10H2,1H3,(H,17,19)(H,18,20). The van der Waals surface area contributed by atoms with Gasteiger partial charge in [-0.05, 0) is 18.6 Å². The van der Waals surface area contributed by atoms with Crippen LogP contribution in [0.25, 0.3) is 0 Å². The van der Waals surface area contributed by atoms with Crippen molar-refractivity contribution in [2.75, 3.05) is 5.88 Å². The Balaban J connectivity index is 2.26. The average Bonchev–Trinajstić information content (AvgIpc) is 2.48. The highest BCUT2D eigenvalue weighted by Gasteiger charge is 2.28. The predicted molar refractivity (Wildman–Crippen MR) is 79.0 cm³/mol. The number of hydrogen-bond donors (Lipinski definition) is 2. The highest BCUT2D eigenvalue weighted by Crippen LogP contribution is 2.22. The van der Waals surface area contributed by atoms with Crippen molar-refractivity contribution in [3.05, 3.63) is 70.1 Å². The van der Waals surface area contributed by atoms with Crippen molar-refractivity contribution < 1.29 is 4.79 Å². The molecule has 2 N–H and O–H groups in total. The highest BCUT2D eigenvalue weighted by atomic mass is 35.5. The Morgan fingerprint density at radius 3 is 2.50 bits per heavy atom. The fourth-order valence-corrected chi connectivity index (χ4v) is 2.11. The number of nitrogens with one attached hydrogen (secondary N) is 2. The van der Waals surface area contributed by atoms with Gasteiger partial charge in [0.25, 0.3) is 5.91 Å². The molecule has 5 heteroatoms. The molecule has 0 saturated carbocycles. The minimum Gasteiger partial charge on any atom is -0.340 e.